The molecule has 104 valence electrons. The molecular formula is C13H10BrIN2O3. The maximum absolute atomic E-state index is 12.5. The van der Waals surface area contributed by atoms with Crippen LogP contribution in [0.5, 0.6) is 0 Å². The Hall–Kier alpha value is -1.22. The Kier molecular flexibility index (Phi) is 4.28. The Balaban J connectivity index is 2.69. The highest BCUT2D eigenvalue weighted by molar-refractivity contribution is 14.1. The van der Waals surface area contributed by atoms with Crippen LogP contribution in [0, 0.1) is 3.57 Å². The number of hydrogen-bond donors (Lipinski definition) is 0. The molecule has 0 fully saturated rings. The van der Waals surface area contributed by atoms with E-state index >= 15 is 0 Å². The Morgan fingerprint density at radius 2 is 1.85 bits per heavy atom. The number of hydrogen-bond acceptors (Lipinski definition) is 3. The zero-order valence-electron chi connectivity index (χ0n) is 10.7. The number of rotatable bonds is 2. The highest BCUT2D eigenvalue weighted by Crippen LogP contribution is 2.21. The van der Waals surface area contributed by atoms with Gasteiger partial charge in [0.2, 0.25) is 5.78 Å². The number of ketones is 1. The predicted molar refractivity (Wildman–Crippen MR) is 87.2 cm³/mol. The first-order valence-electron chi connectivity index (χ1n) is 5.59. The first-order valence-corrected chi connectivity index (χ1v) is 7.46. The Labute approximate surface area is 136 Å². The van der Waals surface area contributed by atoms with E-state index in [9.17, 15) is 14.4 Å². The van der Waals surface area contributed by atoms with Crippen LogP contribution in [0.2, 0.25) is 0 Å². The quantitative estimate of drug-likeness (QED) is 0.518. The highest BCUT2D eigenvalue weighted by Gasteiger charge is 2.19. The summed E-state index contributed by atoms with van der Waals surface area (Å²) in [6.07, 6.45) is 1.28. The van der Waals surface area contributed by atoms with Gasteiger partial charge in [-0.3, -0.25) is 14.2 Å². The van der Waals surface area contributed by atoms with Crippen molar-refractivity contribution in [3.8, 4) is 0 Å². The van der Waals surface area contributed by atoms with Gasteiger partial charge in [-0.1, -0.05) is 15.9 Å². The standard InChI is InChI=1S/C13H10BrIN2O3/c1-16-6-9(12(19)17(2)13(16)20)11(18)8-5-7(15)3-4-10(8)14/h3-6H,1-2H3. The number of carbonyl (C=O) groups is 1. The molecule has 0 aliphatic carbocycles. The largest absolute Gasteiger partial charge is 0.330 e. The summed E-state index contributed by atoms with van der Waals surface area (Å²) >= 11 is 5.39. The molecule has 1 aromatic carbocycles. The Bertz CT molecular complexity index is 823. The van der Waals surface area contributed by atoms with Gasteiger partial charge in [0, 0.05) is 33.9 Å². The summed E-state index contributed by atoms with van der Waals surface area (Å²) in [7, 11) is 2.85. The maximum atomic E-state index is 12.5. The van der Waals surface area contributed by atoms with Crippen molar-refractivity contribution in [3.63, 3.8) is 0 Å². The van der Waals surface area contributed by atoms with Crippen molar-refractivity contribution < 1.29 is 4.79 Å². The molecule has 2 rings (SSSR count). The molecule has 0 spiro atoms. The second kappa shape index (κ2) is 5.65. The maximum Gasteiger partial charge on any atom is 0.330 e. The van der Waals surface area contributed by atoms with Crippen molar-refractivity contribution in [1.82, 2.24) is 9.13 Å². The molecule has 0 N–H and O–H groups in total. The van der Waals surface area contributed by atoms with E-state index in [2.05, 4.69) is 38.5 Å². The first kappa shape index (κ1) is 15.2. The van der Waals surface area contributed by atoms with Crippen LogP contribution in [-0.2, 0) is 14.1 Å². The summed E-state index contributed by atoms with van der Waals surface area (Å²) in [6, 6.07) is 5.29. The average Bonchev–Trinajstić information content (AvgIpc) is 2.42. The molecule has 0 bridgehead atoms. The second-order valence-corrected chi connectivity index (χ2v) is 6.35. The van der Waals surface area contributed by atoms with Gasteiger partial charge in [-0.25, -0.2) is 4.79 Å². The molecule has 1 heterocycles. The van der Waals surface area contributed by atoms with Gasteiger partial charge in [-0.15, -0.1) is 0 Å². The van der Waals surface area contributed by atoms with Crippen LogP contribution in [0.4, 0.5) is 0 Å². The molecular weight excluding hydrogens is 439 g/mol. The molecule has 0 atom stereocenters. The van der Waals surface area contributed by atoms with E-state index in [0.29, 0.717) is 10.0 Å². The molecule has 0 aliphatic rings. The number of aromatic nitrogens is 2. The van der Waals surface area contributed by atoms with E-state index in [-0.39, 0.29) is 5.56 Å². The first-order chi connectivity index (χ1) is 9.32. The lowest BCUT2D eigenvalue weighted by molar-refractivity contribution is 0.103. The van der Waals surface area contributed by atoms with Gasteiger partial charge in [-0.05, 0) is 40.8 Å². The van der Waals surface area contributed by atoms with Crippen molar-refractivity contribution in [2.24, 2.45) is 14.1 Å². The molecule has 0 unspecified atom stereocenters. The van der Waals surface area contributed by atoms with Crippen molar-refractivity contribution in [3.05, 3.63) is 64.4 Å². The zero-order chi connectivity index (χ0) is 15.0. The summed E-state index contributed by atoms with van der Waals surface area (Å²) in [5.74, 6) is -0.411. The summed E-state index contributed by atoms with van der Waals surface area (Å²) in [5, 5.41) is 0. The van der Waals surface area contributed by atoms with E-state index in [4.69, 9.17) is 0 Å². The SMILES string of the molecule is Cn1cc(C(=O)c2cc(I)ccc2Br)c(=O)n(C)c1=O. The summed E-state index contributed by atoms with van der Waals surface area (Å²) in [4.78, 5) is 36.2. The van der Waals surface area contributed by atoms with Crippen LogP contribution < -0.4 is 11.2 Å². The average molecular weight is 449 g/mol. The Morgan fingerprint density at radius 3 is 2.50 bits per heavy atom. The van der Waals surface area contributed by atoms with Crippen molar-refractivity contribution in [2.45, 2.75) is 0 Å². The van der Waals surface area contributed by atoms with Gasteiger partial charge >= 0.3 is 5.69 Å². The zero-order valence-corrected chi connectivity index (χ0v) is 14.4. The molecule has 0 saturated carbocycles. The second-order valence-electron chi connectivity index (χ2n) is 4.25. The smallest absolute Gasteiger partial charge is 0.303 e. The minimum absolute atomic E-state index is 0.0303. The number of carbonyl (C=O) groups excluding carboxylic acids is 1. The van der Waals surface area contributed by atoms with Gasteiger partial charge in [0.1, 0.15) is 5.56 Å². The molecule has 0 aliphatic heterocycles. The minimum atomic E-state index is -0.594. The van der Waals surface area contributed by atoms with Gasteiger partial charge in [0.15, 0.2) is 0 Å². The van der Waals surface area contributed by atoms with Crippen LogP contribution >= 0.6 is 38.5 Å². The molecule has 7 heteroatoms. The monoisotopic (exact) mass is 448 g/mol. The molecule has 0 amide bonds. The molecule has 0 radical (unpaired) electrons. The highest BCUT2D eigenvalue weighted by atomic mass is 127. The van der Waals surface area contributed by atoms with E-state index in [1.165, 1.54) is 24.9 Å². The van der Waals surface area contributed by atoms with Gasteiger partial charge in [-0.2, -0.15) is 0 Å². The van der Waals surface area contributed by atoms with E-state index in [1.54, 1.807) is 12.1 Å². The molecule has 20 heavy (non-hydrogen) atoms. The van der Waals surface area contributed by atoms with E-state index < -0.39 is 17.0 Å². The van der Waals surface area contributed by atoms with Crippen LogP contribution in [0.1, 0.15) is 15.9 Å². The third kappa shape index (κ3) is 2.64. The summed E-state index contributed by atoms with van der Waals surface area (Å²) in [5.41, 5.74) is -0.693. The third-order valence-corrected chi connectivity index (χ3v) is 4.23. The van der Waals surface area contributed by atoms with Crippen molar-refractivity contribution in [1.29, 1.82) is 0 Å². The van der Waals surface area contributed by atoms with Crippen LogP contribution in [0.15, 0.2) is 38.5 Å². The van der Waals surface area contributed by atoms with Gasteiger partial charge in [0.25, 0.3) is 5.56 Å². The lowest BCUT2D eigenvalue weighted by Crippen LogP contribution is -2.39. The van der Waals surface area contributed by atoms with Crippen molar-refractivity contribution in [2.75, 3.05) is 0 Å². The van der Waals surface area contributed by atoms with Crippen LogP contribution in [-0.4, -0.2) is 14.9 Å². The lowest BCUT2D eigenvalue weighted by Gasteiger charge is -2.07. The molecule has 1 aromatic heterocycles. The number of halogens is 2. The fourth-order valence-corrected chi connectivity index (χ4v) is 2.70. The summed E-state index contributed by atoms with van der Waals surface area (Å²) in [6.45, 7) is 0. The summed E-state index contributed by atoms with van der Waals surface area (Å²) < 4.78 is 3.64. The van der Waals surface area contributed by atoms with Crippen molar-refractivity contribution >= 4 is 44.3 Å². The van der Waals surface area contributed by atoms with Crippen LogP contribution in [0.25, 0.3) is 0 Å². The number of benzene rings is 1. The fourth-order valence-electron chi connectivity index (χ4n) is 1.78. The van der Waals surface area contributed by atoms with E-state index in [0.717, 1.165) is 8.14 Å². The topological polar surface area (TPSA) is 61.1 Å². The van der Waals surface area contributed by atoms with Gasteiger partial charge in [0.05, 0.1) is 0 Å². The third-order valence-electron chi connectivity index (χ3n) is 2.86. The number of nitrogens with zero attached hydrogens (tertiary/aromatic N) is 2. The Morgan fingerprint density at radius 1 is 1.20 bits per heavy atom. The van der Waals surface area contributed by atoms with Gasteiger partial charge < -0.3 is 4.57 Å². The number of aryl methyl sites for hydroxylation is 1. The predicted octanol–water partition coefficient (Wildman–Crippen LogP) is 1.68. The van der Waals surface area contributed by atoms with Crippen LogP contribution in [0.3, 0.4) is 0 Å². The van der Waals surface area contributed by atoms with E-state index in [1.807, 2.05) is 6.07 Å². The molecule has 2 aromatic rings. The fraction of sp³-hybridized carbons (Fsp3) is 0.154. The lowest BCUT2D eigenvalue weighted by atomic mass is 10.1. The molecule has 5 nitrogen and oxygen atoms in total. The minimum Gasteiger partial charge on any atom is -0.303 e. The normalized spacial score (nSPS) is 10.6. The molecule has 0 saturated heterocycles.